The van der Waals surface area contributed by atoms with Gasteiger partial charge in [0.15, 0.2) is 5.82 Å². The summed E-state index contributed by atoms with van der Waals surface area (Å²) >= 11 is 0. The number of aromatic nitrogens is 4. The molecule has 1 N–H and O–H groups in total. The van der Waals surface area contributed by atoms with Gasteiger partial charge in [-0.05, 0) is 43.3 Å². The van der Waals surface area contributed by atoms with Gasteiger partial charge in [0.1, 0.15) is 17.1 Å². The van der Waals surface area contributed by atoms with E-state index in [1.54, 1.807) is 48.0 Å². The summed E-state index contributed by atoms with van der Waals surface area (Å²) in [5, 5.41) is 12.1. The fourth-order valence-electron chi connectivity index (χ4n) is 2.90. The highest BCUT2D eigenvalue weighted by Crippen LogP contribution is 2.30. The van der Waals surface area contributed by atoms with Crippen LogP contribution in [0.5, 0.6) is 0 Å². The molecule has 0 atom stereocenters. The van der Waals surface area contributed by atoms with Gasteiger partial charge >= 0.3 is 6.18 Å². The van der Waals surface area contributed by atoms with Gasteiger partial charge in [0.05, 0.1) is 23.1 Å². The Morgan fingerprint density at radius 3 is 2.52 bits per heavy atom. The van der Waals surface area contributed by atoms with Crippen LogP contribution >= 0.6 is 0 Å². The standard InChI is InChI=1S/C20H14F3N5O/c1-12(27-29)15-4-2-5-16(25-15)13-8-9-14-10-24-19(28(14)11-13)17-6-3-7-18(26-17)20(21,22)23/h2-11,29H,1H3. The van der Waals surface area contributed by atoms with Crippen LogP contribution in [0.4, 0.5) is 13.2 Å². The van der Waals surface area contributed by atoms with E-state index < -0.39 is 11.9 Å². The van der Waals surface area contributed by atoms with Gasteiger partial charge in [-0.1, -0.05) is 17.3 Å². The Kier molecular flexibility index (Phi) is 4.50. The lowest BCUT2D eigenvalue weighted by molar-refractivity contribution is -0.141. The first-order valence-corrected chi connectivity index (χ1v) is 8.55. The molecule has 146 valence electrons. The molecule has 29 heavy (non-hydrogen) atoms. The Morgan fingerprint density at radius 2 is 1.76 bits per heavy atom. The maximum absolute atomic E-state index is 13.0. The van der Waals surface area contributed by atoms with Crippen molar-refractivity contribution >= 4 is 11.2 Å². The van der Waals surface area contributed by atoms with Crippen molar-refractivity contribution in [2.75, 3.05) is 0 Å². The topological polar surface area (TPSA) is 75.7 Å². The van der Waals surface area contributed by atoms with Crippen molar-refractivity contribution in [2.45, 2.75) is 13.1 Å². The van der Waals surface area contributed by atoms with Crippen molar-refractivity contribution in [3.05, 3.63) is 72.3 Å². The summed E-state index contributed by atoms with van der Waals surface area (Å²) in [7, 11) is 0. The Labute approximate surface area is 163 Å². The highest BCUT2D eigenvalue weighted by molar-refractivity contribution is 5.96. The lowest BCUT2D eigenvalue weighted by Crippen LogP contribution is -2.08. The quantitative estimate of drug-likeness (QED) is 0.310. The largest absolute Gasteiger partial charge is 0.433 e. The lowest BCUT2D eigenvalue weighted by atomic mass is 10.1. The van der Waals surface area contributed by atoms with E-state index in [9.17, 15) is 13.2 Å². The first-order valence-electron chi connectivity index (χ1n) is 8.55. The van der Waals surface area contributed by atoms with Crippen molar-refractivity contribution in [3.8, 4) is 22.8 Å². The zero-order valence-electron chi connectivity index (χ0n) is 15.1. The molecule has 0 saturated carbocycles. The number of hydrogen-bond acceptors (Lipinski definition) is 5. The Morgan fingerprint density at radius 1 is 1.00 bits per heavy atom. The van der Waals surface area contributed by atoms with E-state index >= 15 is 0 Å². The Hall–Kier alpha value is -3.75. The lowest BCUT2D eigenvalue weighted by Gasteiger charge is -2.08. The average molecular weight is 397 g/mol. The first kappa shape index (κ1) is 18.6. The van der Waals surface area contributed by atoms with E-state index in [4.69, 9.17) is 5.21 Å². The SMILES string of the molecule is CC(=NO)c1cccc(-c2ccc3cnc(-c4cccc(C(F)(F)F)n4)n3c2)n1. The van der Waals surface area contributed by atoms with Gasteiger partial charge in [-0.25, -0.2) is 15.0 Å². The molecule has 0 aliphatic carbocycles. The van der Waals surface area contributed by atoms with Gasteiger partial charge in [-0.15, -0.1) is 0 Å². The fraction of sp³-hybridized carbons (Fsp3) is 0.100. The molecule has 0 aliphatic heterocycles. The molecule has 9 heteroatoms. The molecule has 0 amide bonds. The number of hydrogen-bond donors (Lipinski definition) is 1. The van der Waals surface area contributed by atoms with Crippen LogP contribution in [0.2, 0.25) is 0 Å². The van der Waals surface area contributed by atoms with Crippen molar-refractivity contribution < 1.29 is 18.4 Å². The molecule has 0 unspecified atom stereocenters. The van der Waals surface area contributed by atoms with Crippen LogP contribution in [0.3, 0.4) is 0 Å². The second kappa shape index (κ2) is 7.01. The molecule has 0 aliphatic rings. The summed E-state index contributed by atoms with van der Waals surface area (Å²) in [4.78, 5) is 12.4. The predicted octanol–water partition coefficient (Wildman–Crippen LogP) is 4.68. The maximum Gasteiger partial charge on any atom is 0.433 e. The third kappa shape index (κ3) is 3.54. The Bertz CT molecular complexity index is 1230. The van der Waals surface area contributed by atoms with Crippen molar-refractivity contribution in [1.29, 1.82) is 0 Å². The maximum atomic E-state index is 13.0. The molecular weight excluding hydrogens is 383 g/mol. The Balaban J connectivity index is 1.82. The number of rotatable bonds is 3. The summed E-state index contributed by atoms with van der Waals surface area (Å²) in [6.45, 7) is 1.63. The van der Waals surface area contributed by atoms with Gasteiger partial charge in [0.2, 0.25) is 0 Å². The smallest absolute Gasteiger partial charge is 0.411 e. The van der Waals surface area contributed by atoms with Crippen LogP contribution in [-0.2, 0) is 6.18 Å². The highest BCUT2D eigenvalue weighted by Gasteiger charge is 2.32. The van der Waals surface area contributed by atoms with Gasteiger partial charge < -0.3 is 5.21 Å². The summed E-state index contributed by atoms with van der Waals surface area (Å²) in [5.41, 5.74) is 2.05. The summed E-state index contributed by atoms with van der Waals surface area (Å²) in [5.74, 6) is 0.289. The minimum atomic E-state index is -4.54. The van der Waals surface area contributed by atoms with Crippen molar-refractivity contribution in [1.82, 2.24) is 19.4 Å². The molecule has 0 radical (unpaired) electrons. The van der Waals surface area contributed by atoms with E-state index in [1.165, 1.54) is 12.1 Å². The zero-order valence-corrected chi connectivity index (χ0v) is 15.1. The van der Waals surface area contributed by atoms with Crippen molar-refractivity contribution in [2.24, 2.45) is 5.16 Å². The van der Waals surface area contributed by atoms with E-state index in [2.05, 4.69) is 20.1 Å². The van der Waals surface area contributed by atoms with Crippen LogP contribution < -0.4 is 0 Å². The molecule has 4 heterocycles. The van der Waals surface area contributed by atoms with E-state index in [0.29, 0.717) is 22.6 Å². The molecule has 0 fully saturated rings. The minimum Gasteiger partial charge on any atom is -0.411 e. The van der Waals surface area contributed by atoms with Gasteiger partial charge in [-0.3, -0.25) is 4.40 Å². The second-order valence-electron chi connectivity index (χ2n) is 6.29. The highest BCUT2D eigenvalue weighted by atomic mass is 19.4. The van der Waals surface area contributed by atoms with Crippen LogP contribution in [-0.4, -0.2) is 30.3 Å². The molecule has 4 rings (SSSR count). The zero-order chi connectivity index (χ0) is 20.6. The number of pyridine rings is 3. The molecule has 0 bridgehead atoms. The van der Waals surface area contributed by atoms with E-state index in [1.807, 2.05) is 6.07 Å². The summed E-state index contributed by atoms with van der Waals surface area (Å²) in [6.07, 6.45) is -1.24. The molecule has 4 aromatic rings. The van der Waals surface area contributed by atoms with Crippen LogP contribution in [0.1, 0.15) is 18.3 Å². The molecule has 0 spiro atoms. The third-order valence-electron chi connectivity index (χ3n) is 4.36. The summed E-state index contributed by atoms with van der Waals surface area (Å²) < 4.78 is 40.7. The third-order valence-corrected chi connectivity index (χ3v) is 4.36. The number of nitrogens with zero attached hydrogens (tertiary/aromatic N) is 5. The van der Waals surface area contributed by atoms with Crippen LogP contribution in [0.15, 0.2) is 66.1 Å². The molecular formula is C20H14F3N5O. The van der Waals surface area contributed by atoms with Crippen LogP contribution in [0, 0.1) is 0 Å². The first-order chi connectivity index (χ1) is 13.9. The number of halogens is 3. The summed E-state index contributed by atoms with van der Waals surface area (Å²) in [6, 6.07) is 12.6. The second-order valence-corrected chi connectivity index (χ2v) is 6.29. The average Bonchev–Trinajstić information content (AvgIpc) is 3.16. The molecule has 4 aromatic heterocycles. The van der Waals surface area contributed by atoms with Gasteiger partial charge in [-0.2, -0.15) is 13.2 Å². The van der Waals surface area contributed by atoms with E-state index in [0.717, 1.165) is 11.6 Å². The van der Waals surface area contributed by atoms with Crippen LogP contribution in [0.25, 0.3) is 28.3 Å². The monoisotopic (exact) mass is 397 g/mol. The van der Waals surface area contributed by atoms with Crippen molar-refractivity contribution in [3.63, 3.8) is 0 Å². The molecule has 0 saturated heterocycles. The van der Waals surface area contributed by atoms with Gasteiger partial charge in [0.25, 0.3) is 0 Å². The van der Waals surface area contributed by atoms with E-state index in [-0.39, 0.29) is 11.5 Å². The number of alkyl halides is 3. The fourth-order valence-corrected chi connectivity index (χ4v) is 2.90. The predicted molar refractivity (Wildman–Crippen MR) is 101 cm³/mol. The normalized spacial score (nSPS) is 12.5. The van der Waals surface area contributed by atoms with Gasteiger partial charge in [0, 0.05) is 11.8 Å². The molecule has 6 nitrogen and oxygen atoms in total. The number of oxime groups is 1. The number of imidazole rings is 1. The number of fused-ring (bicyclic) bond motifs is 1. The molecule has 0 aromatic carbocycles. The minimum absolute atomic E-state index is 0.113.